The van der Waals surface area contributed by atoms with E-state index in [0.717, 1.165) is 0 Å². The number of halogens is 3. The number of rotatable bonds is 1. The molecule has 2 aromatic carbocycles. The topological polar surface area (TPSA) is 54.4 Å². The summed E-state index contributed by atoms with van der Waals surface area (Å²) in [6, 6.07) is 20.8. The smallest absolute Gasteiger partial charge is 0.279 e. The van der Waals surface area contributed by atoms with Gasteiger partial charge in [-0.3, -0.25) is 4.55 Å². The Morgan fingerprint density at radius 2 is 1.05 bits per heavy atom. The van der Waals surface area contributed by atoms with Gasteiger partial charge in [-0.05, 0) is 17.4 Å². The van der Waals surface area contributed by atoms with Gasteiger partial charge in [-0.1, -0.05) is 60.7 Å². The maximum atomic E-state index is 10.7. The van der Waals surface area contributed by atoms with Crippen LogP contribution >= 0.6 is 12.6 Å². The average molecular weight is 352 g/mol. The van der Waals surface area contributed by atoms with Crippen molar-refractivity contribution in [2.75, 3.05) is 6.26 Å². The van der Waals surface area contributed by atoms with Crippen molar-refractivity contribution in [1.82, 2.24) is 0 Å². The second-order valence-corrected chi connectivity index (χ2v) is 5.07. The van der Waals surface area contributed by atoms with Crippen molar-refractivity contribution in [2.24, 2.45) is 0 Å². The zero-order valence-electron chi connectivity index (χ0n) is 11.5. The number of hydrogen-bond donors (Lipinski definition) is 2. The van der Waals surface area contributed by atoms with E-state index in [9.17, 15) is 13.2 Å². The summed E-state index contributed by atoms with van der Waals surface area (Å²) in [5.74, 6) is 0. The van der Waals surface area contributed by atoms with Crippen molar-refractivity contribution >= 4 is 22.7 Å². The molecule has 0 aliphatic rings. The molecule has 0 heterocycles. The molecule has 0 fully saturated rings. The van der Waals surface area contributed by atoms with Gasteiger partial charge in [0.15, 0.2) is 0 Å². The highest BCUT2D eigenvalue weighted by Gasteiger charge is 2.44. The fourth-order valence-electron chi connectivity index (χ4n) is 1.26. The summed E-state index contributed by atoms with van der Waals surface area (Å²) in [4.78, 5) is 0. The van der Waals surface area contributed by atoms with Crippen LogP contribution in [0.3, 0.4) is 0 Å². The minimum atomic E-state index is -5.84. The van der Waals surface area contributed by atoms with Gasteiger partial charge in [0.2, 0.25) is 0 Å². The molecular weight excluding hydrogens is 337 g/mol. The summed E-state index contributed by atoms with van der Waals surface area (Å²) in [5.41, 5.74) is -2.98. The molecule has 0 unspecified atom stereocenters. The molecule has 8 heteroatoms. The predicted octanol–water partition coefficient (Wildman–Crippen LogP) is 4.29. The lowest BCUT2D eigenvalue weighted by Crippen LogP contribution is -2.21. The van der Waals surface area contributed by atoms with Crippen molar-refractivity contribution in [1.29, 1.82) is 0 Å². The summed E-state index contributed by atoms with van der Waals surface area (Å²) in [5, 5.41) is 0. The highest BCUT2D eigenvalue weighted by Crippen LogP contribution is 2.20. The van der Waals surface area contributed by atoms with Gasteiger partial charge in [-0.15, -0.1) is 0 Å². The van der Waals surface area contributed by atoms with E-state index in [1.807, 2.05) is 12.1 Å². The highest BCUT2D eigenvalue weighted by molar-refractivity contribution is 7.86. The van der Waals surface area contributed by atoms with E-state index < -0.39 is 15.6 Å². The molecule has 2 rings (SSSR count). The van der Waals surface area contributed by atoms with Crippen LogP contribution in [-0.2, 0) is 10.1 Å². The van der Waals surface area contributed by atoms with Crippen LogP contribution in [-0.4, -0.2) is 24.7 Å². The largest absolute Gasteiger partial charge is 0.522 e. The van der Waals surface area contributed by atoms with E-state index in [-0.39, 0.29) is 0 Å². The number of benzene rings is 2. The number of thiol groups is 1. The molecule has 3 nitrogen and oxygen atoms in total. The Kier molecular flexibility index (Phi) is 8.84. The molecule has 122 valence electrons. The molecule has 0 saturated carbocycles. The van der Waals surface area contributed by atoms with Gasteiger partial charge in [0.25, 0.3) is 0 Å². The minimum Gasteiger partial charge on any atom is -0.279 e. The van der Waals surface area contributed by atoms with Gasteiger partial charge in [-0.2, -0.15) is 34.2 Å². The fourth-order valence-corrected chi connectivity index (χ4v) is 1.26. The van der Waals surface area contributed by atoms with Gasteiger partial charge in [0.05, 0.1) is 0 Å². The maximum absolute atomic E-state index is 10.7. The summed E-state index contributed by atoms with van der Waals surface area (Å²) in [7, 11) is -5.84. The first-order valence-corrected chi connectivity index (χ1v) is 8.14. The lowest BCUT2D eigenvalue weighted by molar-refractivity contribution is -0.0510. The van der Waals surface area contributed by atoms with E-state index in [1.54, 1.807) is 6.26 Å². The summed E-state index contributed by atoms with van der Waals surface area (Å²) in [6.07, 6.45) is 1.69. The van der Waals surface area contributed by atoms with Gasteiger partial charge in [0, 0.05) is 0 Å². The molecule has 0 amide bonds. The predicted molar refractivity (Wildman–Crippen MR) is 84.4 cm³/mol. The molecule has 0 atom stereocenters. The van der Waals surface area contributed by atoms with E-state index >= 15 is 0 Å². The first-order chi connectivity index (χ1) is 10.2. The number of alkyl halides is 3. The third-order valence-electron chi connectivity index (χ3n) is 2.17. The third kappa shape index (κ3) is 7.48. The molecule has 0 aromatic heterocycles. The van der Waals surface area contributed by atoms with Crippen LogP contribution in [0.2, 0.25) is 0 Å². The molecule has 0 aliphatic heterocycles. The molecule has 1 N–H and O–H groups in total. The quantitative estimate of drug-likeness (QED) is 0.457. The second-order valence-electron chi connectivity index (χ2n) is 3.65. The lowest BCUT2D eigenvalue weighted by Gasteiger charge is -1.98. The van der Waals surface area contributed by atoms with Crippen LogP contribution in [0.15, 0.2) is 60.7 Å². The van der Waals surface area contributed by atoms with Crippen molar-refractivity contribution in [2.45, 2.75) is 5.51 Å². The molecule has 0 aliphatic carbocycles. The maximum Gasteiger partial charge on any atom is 0.522 e. The van der Waals surface area contributed by atoms with Crippen LogP contribution in [0, 0.1) is 0 Å². The summed E-state index contributed by atoms with van der Waals surface area (Å²) in [6.45, 7) is 0. The molecule has 2 aromatic rings. The van der Waals surface area contributed by atoms with Crippen molar-refractivity contribution < 1.29 is 26.1 Å². The minimum absolute atomic E-state index is 1.28. The van der Waals surface area contributed by atoms with Crippen molar-refractivity contribution in [3.8, 4) is 11.1 Å². The lowest BCUT2D eigenvalue weighted by atomic mass is 10.1. The highest BCUT2D eigenvalue weighted by atomic mass is 32.2. The molecule has 22 heavy (non-hydrogen) atoms. The first-order valence-electron chi connectivity index (χ1n) is 5.81. The zero-order valence-corrected chi connectivity index (χ0v) is 13.2. The Bertz CT molecular complexity index is 590. The van der Waals surface area contributed by atoms with Gasteiger partial charge < -0.3 is 0 Å². The molecule has 0 bridgehead atoms. The Balaban J connectivity index is 0.000000388. The van der Waals surface area contributed by atoms with E-state index in [2.05, 4.69) is 61.2 Å². The van der Waals surface area contributed by atoms with Crippen molar-refractivity contribution in [3.05, 3.63) is 60.7 Å². The van der Waals surface area contributed by atoms with E-state index in [1.165, 1.54) is 11.1 Å². The van der Waals surface area contributed by atoms with Gasteiger partial charge in [-0.25, -0.2) is 0 Å². The fraction of sp³-hybridized carbons (Fsp3) is 0.143. The average Bonchev–Trinajstić information content (AvgIpc) is 2.50. The molecule has 0 saturated heterocycles. The standard InChI is InChI=1S/C12H10.CHF3O3S.CH4S/c1-3-7-11(8-4-1)12-9-5-2-6-10-12;2-1(3,4)8(5,6)7;1-2/h1-10H;(H,5,6,7);2H,1H3. The van der Waals surface area contributed by atoms with E-state index in [0.29, 0.717) is 0 Å². The second kappa shape index (κ2) is 9.50. The third-order valence-corrected chi connectivity index (χ3v) is 2.76. The Morgan fingerprint density at radius 1 is 0.818 bits per heavy atom. The van der Waals surface area contributed by atoms with Crippen LogP contribution in [0.5, 0.6) is 0 Å². The SMILES string of the molecule is CS.O=S(=O)(O)C(F)(F)F.c1ccc(-c2ccccc2)cc1. The van der Waals surface area contributed by atoms with Gasteiger partial charge in [0.1, 0.15) is 0 Å². The Morgan fingerprint density at radius 3 is 1.23 bits per heavy atom. The van der Waals surface area contributed by atoms with E-state index in [4.69, 9.17) is 13.0 Å². The summed E-state index contributed by atoms with van der Waals surface area (Å²) < 4.78 is 57.5. The molecular formula is C14H15F3O3S2. The Hall–Kier alpha value is -1.51. The monoisotopic (exact) mass is 352 g/mol. The van der Waals surface area contributed by atoms with Crippen LogP contribution in [0.1, 0.15) is 0 Å². The molecule has 0 radical (unpaired) electrons. The Labute approximate surface area is 133 Å². The van der Waals surface area contributed by atoms with Crippen LogP contribution in [0.25, 0.3) is 11.1 Å². The normalized spacial score (nSPS) is 10.6. The van der Waals surface area contributed by atoms with Gasteiger partial charge >= 0.3 is 15.6 Å². The first kappa shape index (κ1) is 20.5. The zero-order chi connectivity index (χ0) is 17.2. The van der Waals surface area contributed by atoms with Crippen LogP contribution in [0.4, 0.5) is 13.2 Å². The molecule has 0 spiro atoms. The number of hydrogen-bond acceptors (Lipinski definition) is 3. The van der Waals surface area contributed by atoms with Crippen LogP contribution < -0.4 is 0 Å². The summed E-state index contributed by atoms with van der Waals surface area (Å²) >= 11 is 3.53. The van der Waals surface area contributed by atoms with Crippen molar-refractivity contribution in [3.63, 3.8) is 0 Å².